The fourth-order valence-electron chi connectivity index (χ4n) is 1.44. The molecular formula is C12H15FN2O2S. The molecule has 0 heterocycles. The van der Waals surface area contributed by atoms with E-state index < -0.39 is 15.8 Å². The van der Waals surface area contributed by atoms with Crippen LogP contribution < -0.4 is 5.32 Å². The summed E-state index contributed by atoms with van der Waals surface area (Å²) in [5, 5.41) is 2.87. The van der Waals surface area contributed by atoms with Gasteiger partial charge in [0.05, 0.1) is 6.54 Å². The number of nitrogens with zero attached hydrogens (tertiary/aromatic N) is 1. The van der Waals surface area contributed by atoms with Crippen molar-refractivity contribution >= 4 is 10.0 Å². The molecule has 1 aromatic rings. The highest BCUT2D eigenvalue weighted by molar-refractivity contribution is 7.89. The van der Waals surface area contributed by atoms with Crippen LogP contribution in [0.5, 0.6) is 0 Å². The fourth-order valence-corrected chi connectivity index (χ4v) is 2.64. The Morgan fingerprint density at radius 1 is 1.50 bits per heavy atom. The van der Waals surface area contributed by atoms with Gasteiger partial charge in [-0.05, 0) is 24.7 Å². The molecule has 0 unspecified atom stereocenters. The molecule has 18 heavy (non-hydrogen) atoms. The molecule has 0 fully saturated rings. The molecule has 0 bridgehead atoms. The van der Waals surface area contributed by atoms with E-state index >= 15 is 0 Å². The highest BCUT2D eigenvalue weighted by Crippen LogP contribution is 2.19. The van der Waals surface area contributed by atoms with E-state index in [2.05, 4.69) is 11.2 Å². The van der Waals surface area contributed by atoms with Crippen LogP contribution in [-0.4, -0.2) is 33.4 Å². The molecule has 1 N–H and O–H groups in total. The van der Waals surface area contributed by atoms with E-state index in [0.29, 0.717) is 12.1 Å². The molecule has 0 amide bonds. The van der Waals surface area contributed by atoms with Gasteiger partial charge in [-0.3, -0.25) is 0 Å². The smallest absolute Gasteiger partial charge is 0.246 e. The summed E-state index contributed by atoms with van der Waals surface area (Å²) in [5.74, 6) is 1.44. The number of hydrogen-bond acceptors (Lipinski definition) is 3. The Balaban J connectivity index is 3.23. The average molecular weight is 270 g/mol. The van der Waals surface area contributed by atoms with Crippen LogP contribution in [0.3, 0.4) is 0 Å². The Labute approximate surface area is 107 Å². The van der Waals surface area contributed by atoms with E-state index in [4.69, 9.17) is 6.42 Å². The quantitative estimate of drug-likeness (QED) is 0.805. The summed E-state index contributed by atoms with van der Waals surface area (Å²) < 4.78 is 38.7. The van der Waals surface area contributed by atoms with Crippen LogP contribution in [0.4, 0.5) is 4.39 Å². The number of hydrogen-bond donors (Lipinski definition) is 1. The molecule has 0 aliphatic rings. The van der Waals surface area contributed by atoms with Crippen molar-refractivity contribution in [1.29, 1.82) is 0 Å². The molecule has 0 aliphatic carbocycles. The molecule has 0 spiro atoms. The molecular weight excluding hydrogens is 255 g/mol. The van der Waals surface area contributed by atoms with Crippen molar-refractivity contribution in [1.82, 2.24) is 9.62 Å². The molecule has 98 valence electrons. The first-order chi connectivity index (χ1) is 8.43. The fraction of sp³-hybridized carbons (Fsp3) is 0.333. The maximum atomic E-state index is 13.6. The van der Waals surface area contributed by atoms with E-state index in [0.717, 1.165) is 10.4 Å². The lowest BCUT2D eigenvalue weighted by Crippen LogP contribution is -2.28. The monoisotopic (exact) mass is 270 g/mol. The van der Waals surface area contributed by atoms with E-state index in [1.54, 1.807) is 7.05 Å². The van der Waals surface area contributed by atoms with Crippen LogP contribution in [0, 0.1) is 18.2 Å². The number of rotatable bonds is 5. The predicted octanol–water partition coefficient (Wildman–Crippen LogP) is 0.799. The van der Waals surface area contributed by atoms with Crippen LogP contribution in [-0.2, 0) is 16.6 Å². The summed E-state index contributed by atoms with van der Waals surface area (Å²) in [7, 11) is -0.842. The van der Waals surface area contributed by atoms with E-state index in [1.165, 1.54) is 19.2 Å². The molecule has 0 atom stereocenters. The summed E-state index contributed by atoms with van der Waals surface area (Å²) in [4.78, 5) is -0.354. The largest absolute Gasteiger partial charge is 0.316 e. The Morgan fingerprint density at radius 3 is 2.72 bits per heavy atom. The van der Waals surface area contributed by atoms with Gasteiger partial charge in [0.1, 0.15) is 10.7 Å². The number of benzene rings is 1. The molecule has 0 radical (unpaired) electrons. The van der Waals surface area contributed by atoms with Crippen LogP contribution in [0.1, 0.15) is 5.56 Å². The van der Waals surface area contributed by atoms with Gasteiger partial charge in [0, 0.05) is 13.6 Å². The molecule has 0 aromatic heterocycles. The second-order valence-corrected chi connectivity index (χ2v) is 5.77. The lowest BCUT2D eigenvalue weighted by Gasteiger charge is -2.15. The number of halogens is 1. The minimum Gasteiger partial charge on any atom is -0.316 e. The van der Waals surface area contributed by atoms with Gasteiger partial charge in [0.15, 0.2) is 0 Å². The third-order valence-corrected chi connectivity index (χ3v) is 4.20. The van der Waals surface area contributed by atoms with Crippen LogP contribution in [0.2, 0.25) is 0 Å². The second kappa shape index (κ2) is 5.96. The third-order valence-electron chi connectivity index (χ3n) is 2.38. The number of sulfonamides is 1. The lowest BCUT2D eigenvalue weighted by atomic mass is 10.2. The standard InChI is InChI=1S/C12H15FN2O2S/c1-4-7-15(3)18(16,17)12-8-10(9-14-2)5-6-11(12)13/h1,5-6,8,14H,7,9H2,2-3H3. The predicted molar refractivity (Wildman–Crippen MR) is 67.8 cm³/mol. The first-order valence-corrected chi connectivity index (χ1v) is 6.70. The van der Waals surface area contributed by atoms with Crippen molar-refractivity contribution in [2.24, 2.45) is 0 Å². The van der Waals surface area contributed by atoms with Crippen molar-refractivity contribution in [2.45, 2.75) is 11.4 Å². The van der Waals surface area contributed by atoms with Crippen molar-refractivity contribution in [3.8, 4) is 12.3 Å². The van der Waals surface area contributed by atoms with Gasteiger partial charge in [0.2, 0.25) is 10.0 Å². The maximum absolute atomic E-state index is 13.6. The Bertz CT molecular complexity index is 564. The van der Waals surface area contributed by atoms with Crippen molar-refractivity contribution < 1.29 is 12.8 Å². The highest BCUT2D eigenvalue weighted by Gasteiger charge is 2.24. The van der Waals surface area contributed by atoms with Gasteiger partial charge < -0.3 is 5.32 Å². The Morgan fingerprint density at radius 2 is 2.17 bits per heavy atom. The van der Waals surface area contributed by atoms with Gasteiger partial charge in [-0.1, -0.05) is 12.0 Å². The third kappa shape index (κ3) is 3.07. The van der Waals surface area contributed by atoms with Gasteiger partial charge in [-0.25, -0.2) is 12.8 Å². The van der Waals surface area contributed by atoms with Crippen LogP contribution in [0.15, 0.2) is 23.1 Å². The number of terminal acetylenes is 1. The summed E-state index contributed by atoms with van der Waals surface area (Å²) in [5.41, 5.74) is 0.687. The van der Waals surface area contributed by atoms with Gasteiger partial charge in [-0.15, -0.1) is 6.42 Å². The minimum absolute atomic E-state index is 0.0992. The molecule has 1 rings (SSSR count). The lowest BCUT2D eigenvalue weighted by molar-refractivity contribution is 0.492. The molecule has 6 heteroatoms. The molecule has 1 aromatic carbocycles. The van der Waals surface area contributed by atoms with Gasteiger partial charge >= 0.3 is 0 Å². The zero-order valence-corrected chi connectivity index (χ0v) is 11.1. The number of nitrogens with one attached hydrogen (secondary N) is 1. The first-order valence-electron chi connectivity index (χ1n) is 5.26. The molecule has 0 saturated heterocycles. The zero-order chi connectivity index (χ0) is 13.8. The first kappa shape index (κ1) is 14.6. The summed E-state index contributed by atoms with van der Waals surface area (Å²) in [6.07, 6.45) is 5.06. The summed E-state index contributed by atoms with van der Waals surface area (Å²) in [6.45, 7) is 0.361. The van der Waals surface area contributed by atoms with E-state index in [9.17, 15) is 12.8 Å². The summed E-state index contributed by atoms with van der Waals surface area (Å²) >= 11 is 0. The average Bonchev–Trinajstić information content (AvgIpc) is 2.32. The van der Waals surface area contributed by atoms with E-state index in [-0.39, 0.29) is 11.4 Å². The summed E-state index contributed by atoms with van der Waals surface area (Å²) in [6, 6.07) is 3.99. The molecule has 0 aliphatic heterocycles. The van der Waals surface area contributed by atoms with Crippen molar-refractivity contribution in [3.63, 3.8) is 0 Å². The highest BCUT2D eigenvalue weighted by atomic mass is 32.2. The molecule has 4 nitrogen and oxygen atoms in total. The normalized spacial score (nSPS) is 11.5. The maximum Gasteiger partial charge on any atom is 0.246 e. The topological polar surface area (TPSA) is 49.4 Å². The van der Waals surface area contributed by atoms with Gasteiger partial charge in [0.25, 0.3) is 0 Å². The van der Waals surface area contributed by atoms with Crippen molar-refractivity contribution in [3.05, 3.63) is 29.6 Å². The van der Waals surface area contributed by atoms with E-state index in [1.807, 2.05) is 0 Å². The molecule has 0 saturated carbocycles. The Hall–Kier alpha value is -1.42. The zero-order valence-electron chi connectivity index (χ0n) is 10.3. The Kier molecular flexibility index (Phi) is 4.84. The van der Waals surface area contributed by atoms with Crippen LogP contribution >= 0.6 is 0 Å². The van der Waals surface area contributed by atoms with Crippen molar-refractivity contribution in [2.75, 3.05) is 20.6 Å². The SMILES string of the molecule is C#CCN(C)S(=O)(=O)c1cc(CNC)ccc1F. The minimum atomic E-state index is -3.88. The second-order valence-electron chi connectivity index (χ2n) is 3.76. The van der Waals surface area contributed by atoms with Crippen LogP contribution in [0.25, 0.3) is 0 Å². The van der Waals surface area contributed by atoms with Gasteiger partial charge in [-0.2, -0.15) is 4.31 Å².